The van der Waals surface area contributed by atoms with Crippen LogP contribution < -0.4 is 5.32 Å². The zero-order valence-corrected chi connectivity index (χ0v) is 13.7. The highest BCUT2D eigenvalue weighted by Crippen LogP contribution is 2.22. The van der Waals surface area contributed by atoms with Crippen molar-refractivity contribution in [2.24, 2.45) is 0 Å². The van der Waals surface area contributed by atoms with E-state index in [1.54, 1.807) is 4.90 Å². The standard InChI is InChI=1S/C15H21BrN2O2/c1-15(2,3)20-14(19)18-8-7-17-13(10-18)11-5-4-6-12(16)9-11/h4-6,9,13,17H,7-8,10H2,1-3H3/t13-/m1/s1. The number of halogens is 1. The van der Waals surface area contributed by atoms with Crippen LogP contribution in [0.4, 0.5) is 4.79 Å². The third kappa shape index (κ3) is 4.21. The maximum atomic E-state index is 12.1. The second-order valence-corrected chi connectivity index (χ2v) is 6.90. The number of nitrogens with one attached hydrogen (secondary N) is 1. The van der Waals surface area contributed by atoms with Gasteiger partial charge in [0.05, 0.1) is 6.04 Å². The molecular weight excluding hydrogens is 320 g/mol. The topological polar surface area (TPSA) is 41.6 Å². The smallest absolute Gasteiger partial charge is 0.410 e. The van der Waals surface area contributed by atoms with E-state index in [2.05, 4.69) is 33.4 Å². The van der Waals surface area contributed by atoms with Crippen molar-refractivity contribution in [1.29, 1.82) is 0 Å². The largest absolute Gasteiger partial charge is 0.444 e. The van der Waals surface area contributed by atoms with Gasteiger partial charge in [-0.05, 0) is 38.5 Å². The van der Waals surface area contributed by atoms with Crippen LogP contribution in [0.1, 0.15) is 32.4 Å². The molecule has 5 heteroatoms. The summed E-state index contributed by atoms with van der Waals surface area (Å²) in [5, 5.41) is 3.44. The Balaban J connectivity index is 2.03. The van der Waals surface area contributed by atoms with E-state index in [1.807, 2.05) is 32.9 Å². The molecule has 1 aromatic carbocycles. The van der Waals surface area contributed by atoms with E-state index in [-0.39, 0.29) is 12.1 Å². The number of ether oxygens (including phenoxy) is 1. The highest BCUT2D eigenvalue weighted by Gasteiger charge is 2.27. The summed E-state index contributed by atoms with van der Waals surface area (Å²) in [5.74, 6) is 0. The molecule has 1 saturated heterocycles. The van der Waals surface area contributed by atoms with Crippen LogP contribution in [0.2, 0.25) is 0 Å². The van der Waals surface area contributed by atoms with E-state index >= 15 is 0 Å². The molecule has 1 N–H and O–H groups in total. The lowest BCUT2D eigenvalue weighted by Crippen LogP contribution is -2.49. The summed E-state index contributed by atoms with van der Waals surface area (Å²) >= 11 is 3.48. The Kier molecular flexibility index (Phi) is 4.70. The van der Waals surface area contributed by atoms with Crippen LogP contribution in [-0.4, -0.2) is 36.2 Å². The molecule has 2 rings (SSSR count). The van der Waals surface area contributed by atoms with Crippen molar-refractivity contribution in [2.75, 3.05) is 19.6 Å². The summed E-state index contributed by atoms with van der Waals surface area (Å²) in [5.41, 5.74) is 0.723. The van der Waals surface area contributed by atoms with E-state index in [0.717, 1.165) is 11.0 Å². The zero-order valence-electron chi connectivity index (χ0n) is 12.1. The zero-order chi connectivity index (χ0) is 14.8. The maximum absolute atomic E-state index is 12.1. The first-order chi connectivity index (χ1) is 9.35. The molecule has 1 aliphatic rings. The fraction of sp³-hybridized carbons (Fsp3) is 0.533. The van der Waals surface area contributed by atoms with Crippen molar-refractivity contribution in [3.05, 3.63) is 34.3 Å². The fourth-order valence-corrected chi connectivity index (χ4v) is 2.61. The lowest BCUT2D eigenvalue weighted by atomic mass is 10.1. The Hall–Kier alpha value is -1.07. The van der Waals surface area contributed by atoms with Gasteiger partial charge in [-0.15, -0.1) is 0 Å². The quantitative estimate of drug-likeness (QED) is 0.852. The summed E-state index contributed by atoms with van der Waals surface area (Å²) in [6, 6.07) is 8.30. The minimum absolute atomic E-state index is 0.147. The molecule has 0 bridgehead atoms. The molecule has 4 nitrogen and oxygen atoms in total. The van der Waals surface area contributed by atoms with Gasteiger partial charge in [0.1, 0.15) is 5.60 Å². The SMILES string of the molecule is CC(C)(C)OC(=O)N1CCN[C@@H](c2cccc(Br)c2)C1. The Morgan fingerprint density at radius 3 is 2.85 bits per heavy atom. The van der Waals surface area contributed by atoms with Crippen molar-refractivity contribution in [3.8, 4) is 0 Å². The normalized spacial score (nSPS) is 19.8. The van der Waals surface area contributed by atoms with Gasteiger partial charge in [-0.25, -0.2) is 4.79 Å². The molecule has 0 aliphatic carbocycles. The van der Waals surface area contributed by atoms with Gasteiger partial charge in [0.15, 0.2) is 0 Å². The second-order valence-electron chi connectivity index (χ2n) is 5.99. The number of benzene rings is 1. The molecule has 0 saturated carbocycles. The molecular formula is C15H21BrN2O2. The summed E-state index contributed by atoms with van der Waals surface area (Å²) in [4.78, 5) is 13.9. The summed E-state index contributed by atoms with van der Waals surface area (Å²) in [6.07, 6.45) is -0.237. The maximum Gasteiger partial charge on any atom is 0.410 e. The Bertz CT molecular complexity index is 485. The fourth-order valence-electron chi connectivity index (χ4n) is 2.19. The molecule has 1 fully saturated rings. The van der Waals surface area contributed by atoms with Crippen LogP contribution in [-0.2, 0) is 4.74 Å². The average Bonchev–Trinajstić information content (AvgIpc) is 2.37. The molecule has 1 amide bonds. The Morgan fingerprint density at radius 1 is 1.45 bits per heavy atom. The molecule has 110 valence electrons. The third-order valence-corrected chi connectivity index (χ3v) is 3.57. The van der Waals surface area contributed by atoms with Crippen molar-refractivity contribution in [1.82, 2.24) is 10.2 Å². The van der Waals surface area contributed by atoms with E-state index in [9.17, 15) is 4.79 Å². The number of amides is 1. The number of hydrogen-bond donors (Lipinski definition) is 1. The number of carbonyl (C=O) groups is 1. The average molecular weight is 341 g/mol. The van der Waals surface area contributed by atoms with Gasteiger partial charge >= 0.3 is 6.09 Å². The van der Waals surface area contributed by atoms with Gasteiger partial charge in [-0.2, -0.15) is 0 Å². The Labute approximate surface area is 128 Å². The minimum atomic E-state index is -0.451. The lowest BCUT2D eigenvalue weighted by Gasteiger charge is -2.35. The highest BCUT2D eigenvalue weighted by molar-refractivity contribution is 9.10. The summed E-state index contributed by atoms with van der Waals surface area (Å²) in [6.45, 7) is 7.75. The van der Waals surface area contributed by atoms with Gasteiger partial charge < -0.3 is 15.0 Å². The van der Waals surface area contributed by atoms with Crippen LogP contribution >= 0.6 is 15.9 Å². The minimum Gasteiger partial charge on any atom is -0.444 e. The lowest BCUT2D eigenvalue weighted by molar-refractivity contribution is 0.0195. The van der Waals surface area contributed by atoms with E-state index in [0.29, 0.717) is 13.1 Å². The van der Waals surface area contributed by atoms with Crippen molar-refractivity contribution < 1.29 is 9.53 Å². The number of nitrogens with zero attached hydrogens (tertiary/aromatic N) is 1. The number of rotatable bonds is 1. The molecule has 0 spiro atoms. The summed E-state index contributed by atoms with van der Waals surface area (Å²) in [7, 11) is 0. The van der Waals surface area contributed by atoms with Crippen molar-refractivity contribution in [2.45, 2.75) is 32.4 Å². The van der Waals surface area contributed by atoms with Gasteiger partial charge in [-0.1, -0.05) is 28.1 Å². The first-order valence-electron chi connectivity index (χ1n) is 6.82. The molecule has 1 aromatic rings. The van der Waals surface area contributed by atoms with E-state index < -0.39 is 5.60 Å². The molecule has 20 heavy (non-hydrogen) atoms. The predicted octanol–water partition coefficient (Wildman–Crippen LogP) is 3.33. The van der Waals surface area contributed by atoms with E-state index in [4.69, 9.17) is 4.74 Å². The monoisotopic (exact) mass is 340 g/mol. The number of hydrogen-bond acceptors (Lipinski definition) is 3. The van der Waals surface area contributed by atoms with Crippen LogP contribution in [0.5, 0.6) is 0 Å². The molecule has 0 unspecified atom stereocenters. The third-order valence-electron chi connectivity index (χ3n) is 3.08. The Morgan fingerprint density at radius 2 is 2.20 bits per heavy atom. The first kappa shape index (κ1) is 15.3. The first-order valence-corrected chi connectivity index (χ1v) is 7.61. The number of piperazine rings is 1. The molecule has 1 atom stereocenters. The summed E-state index contributed by atoms with van der Waals surface area (Å²) < 4.78 is 6.48. The van der Waals surface area contributed by atoms with Gasteiger partial charge in [-0.3, -0.25) is 0 Å². The van der Waals surface area contributed by atoms with Crippen LogP contribution in [0.3, 0.4) is 0 Å². The van der Waals surface area contributed by atoms with Crippen LogP contribution in [0, 0.1) is 0 Å². The van der Waals surface area contributed by atoms with Crippen molar-refractivity contribution >= 4 is 22.0 Å². The van der Waals surface area contributed by atoms with E-state index in [1.165, 1.54) is 5.56 Å². The van der Waals surface area contributed by atoms with Crippen molar-refractivity contribution in [3.63, 3.8) is 0 Å². The predicted molar refractivity (Wildman–Crippen MR) is 82.7 cm³/mol. The van der Waals surface area contributed by atoms with Gasteiger partial charge in [0.2, 0.25) is 0 Å². The molecule has 1 heterocycles. The molecule has 0 aromatic heterocycles. The van der Waals surface area contributed by atoms with Crippen LogP contribution in [0.25, 0.3) is 0 Å². The highest BCUT2D eigenvalue weighted by atomic mass is 79.9. The second kappa shape index (κ2) is 6.14. The van der Waals surface area contributed by atoms with Gasteiger partial charge in [0.25, 0.3) is 0 Å². The molecule has 0 radical (unpaired) electrons. The molecule has 1 aliphatic heterocycles. The number of carbonyl (C=O) groups excluding carboxylic acids is 1. The van der Waals surface area contributed by atoms with Crippen LogP contribution in [0.15, 0.2) is 28.7 Å². The van der Waals surface area contributed by atoms with Gasteiger partial charge in [0, 0.05) is 24.1 Å².